The van der Waals surface area contributed by atoms with Crippen LogP contribution < -0.4 is 0 Å². The molecule has 246 valence electrons. The lowest BCUT2D eigenvalue weighted by atomic mass is 9.80. The van der Waals surface area contributed by atoms with E-state index < -0.39 is 0 Å². The first kappa shape index (κ1) is 30.2. The van der Waals surface area contributed by atoms with Crippen LogP contribution in [-0.2, 0) is 5.41 Å². The SMILES string of the molecule is CC1(C)c2ccccc2-c2cccc(-c3nc(-c4ccccc4)nc(-c4ccccc4-c4ccc5c(c4)oc4cccc(-c6ccccc6)c45)n3)c21. The molecule has 10 rings (SSSR count). The normalized spacial score (nSPS) is 13.0. The van der Waals surface area contributed by atoms with Crippen LogP contribution in [0.2, 0.25) is 0 Å². The third-order valence-corrected chi connectivity index (χ3v) is 10.5. The van der Waals surface area contributed by atoms with E-state index in [9.17, 15) is 0 Å². The van der Waals surface area contributed by atoms with Crippen molar-refractivity contribution in [2.45, 2.75) is 19.3 Å². The van der Waals surface area contributed by atoms with Crippen LogP contribution in [0.3, 0.4) is 0 Å². The van der Waals surface area contributed by atoms with Gasteiger partial charge in [0.15, 0.2) is 17.5 Å². The molecule has 0 saturated heterocycles. The van der Waals surface area contributed by atoms with Gasteiger partial charge in [-0.15, -0.1) is 0 Å². The van der Waals surface area contributed by atoms with E-state index in [1.54, 1.807) is 0 Å². The van der Waals surface area contributed by atoms with Crippen LogP contribution in [0.4, 0.5) is 0 Å². The van der Waals surface area contributed by atoms with Gasteiger partial charge in [0.05, 0.1) is 0 Å². The lowest BCUT2D eigenvalue weighted by Gasteiger charge is -2.24. The minimum absolute atomic E-state index is 0.220. The van der Waals surface area contributed by atoms with E-state index in [4.69, 9.17) is 19.4 Å². The molecule has 52 heavy (non-hydrogen) atoms. The van der Waals surface area contributed by atoms with Gasteiger partial charge in [-0.25, -0.2) is 15.0 Å². The maximum absolute atomic E-state index is 6.52. The van der Waals surface area contributed by atoms with Gasteiger partial charge in [0.2, 0.25) is 0 Å². The number of hydrogen-bond acceptors (Lipinski definition) is 4. The third-order valence-electron chi connectivity index (χ3n) is 10.5. The maximum Gasteiger partial charge on any atom is 0.164 e. The molecule has 1 aliphatic rings. The molecule has 0 unspecified atom stereocenters. The van der Waals surface area contributed by atoms with Gasteiger partial charge in [0.25, 0.3) is 0 Å². The van der Waals surface area contributed by atoms with Gasteiger partial charge in [0.1, 0.15) is 11.2 Å². The summed E-state index contributed by atoms with van der Waals surface area (Å²) in [5, 5.41) is 2.21. The largest absolute Gasteiger partial charge is 0.456 e. The summed E-state index contributed by atoms with van der Waals surface area (Å²) in [4.78, 5) is 15.6. The van der Waals surface area contributed by atoms with Crippen molar-refractivity contribution in [3.8, 4) is 67.5 Å². The Hall–Kier alpha value is -6.65. The Bertz CT molecular complexity index is 2820. The molecule has 0 amide bonds. The van der Waals surface area contributed by atoms with Crippen LogP contribution in [0.1, 0.15) is 25.0 Å². The summed E-state index contributed by atoms with van der Waals surface area (Å²) in [6.45, 7) is 4.60. The van der Waals surface area contributed by atoms with Crippen molar-refractivity contribution >= 4 is 21.9 Å². The van der Waals surface area contributed by atoms with Gasteiger partial charge < -0.3 is 4.42 Å². The van der Waals surface area contributed by atoms with E-state index in [-0.39, 0.29) is 5.41 Å². The lowest BCUT2D eigenvalue weighted by molar-refractivity contribution is 0.661. The molecule has 7 aromatic carbocycles. The summed E-state index contributed by atoms with van der Waals surface area (Å²) in [7, 11) is 0. The second kappa shape index (κ2) is 11.7. The molecule has 4 nitrogen and oxygen atoms in total. The first-order chi connectivity index (χ1) is 25.5. The van der Waals surface area contributed by atoms with Gasteiger partial charge in [-0.1, -0.05) is 159 Å². The smallest absolute Gasteiger partial charge is 0.164 e. The van der Waals surface area contributed by atoms with E-state index in [0.29, 0.717) is 17.5 Å². The molecule has 1 aliphatic carbocycles. The molecule has 0 spiro atoms. The zero-order chi connectivity index (χ0) is 34.8. The maximum atomic E-state index is 6.52. The standard InChI is InChI=1S/C48H33N3O/c1-48(2)40-25-12-11-20-35(40)36-23-13-24-39(44(36)48)47-50-45(31-17-7-4-8-18-31)49-46(51-47)37-21-10-9-19-33(37)32-27-28-38-42(29-32)52-41-26-14-22-34(43(38)41)30-15-5-3-6-16-30/h3-29H,1-2H3. The topological polar surface area (TPSA) is 51.8 Å². The molecular formula is C48H33N3O. The Balaban J connectivity index is 1.16. The van der Waals surface area contributed by atoms with Crippen molar-refractivity contribution in [2.75, 3.05) is 0 Å². The van der Waals surface area contributed by atoms with Crippen LogP contribution in [0.25, 0.3) is 89.5 Å². The van der Waals surface area contributed by atoms with Crippen LogP contribution in [0, 0.1) is 0 Å². The van der Waals surface area contributed by atoms with Crippen molar-refractivity contribution in [3.63, 3.8) is 0 Å². The molecule has 0 bridgehead atoms. The molecule has 2 heterocycles. The van der Waals surface area contributed by atoms with Crippen LogP contribution in [0.15, 0.2) is 168 Å². The second-order valence-corrected chi connectivity index (χ2v) is 14.0. The summed E-state index contributed by atoms with van der Waals surface area (Å²) in [6.07, 6.45) is 0. The predicted octanol–water partition coefficient (Wildman–Crippen LogP) is 12.4. The van der Waals surface area contributed by atoms with Crippen molar-refractivity contribution in [1.29, 1.82) is 0 Å². The molecular weight excluding hydrogens is 635 g/mol. The fourth-order valence-corrected chi connectivity index (χ4v) is 8.15. The molecule has 2 aromatic heterocycles. The van der Waals surface area contributed by atoms with Crippen molar-refractivity contribution in [2.24, 2.45) is 0 Å². The predicted molar refractivity (Wildman–Crippen MR) is 212 cm³/mol. The minimum atomic E-state index is -0.220. The number of nitrogens with zero attached hydrogens (tertiary/aromatic N) is 3. The van der Waals surface area contributed by atoms with E-state index in [0.717, 1.165) is 55.3 Å². The van der Waals surface area contributed by atoms with Crippen molar-refractivity contribution in [3.05, 3.63) is 175 Å². The van der Waals surface area contributed by atoms with E-state index in [2.05, 4.69) is 147 Å². The zero-order valence-electron chi connectivity index (χ0n) is 28.8. The van der Waals surface area contributed by atoms with Crippen molar-refractivity contribution < 1.29 is 4.42 Å². The van der Waals surface area contributed by atoms with E-state index in [1.165, 1.54) is 27.8 Å². The van der Waals surface area contributed by atoms with Gasteiger partial charge >= 0.3 is 0 Å². The first-order valence-electron chi connectivity index (χ1n) is 17.7. The fraction of sp³-hybridized carbons (Fsp3) is 0.0625. The van der Waals surface area contributed by atoms with Crippen LogP contribution in [-0.4, -0.2) is 15.0 Å². The molecule has 0 radical (unpaired) electrons. The molecule has 9 aromatic rings. The Morgan fingerprint density at radius 3 is 1.77 bits per heavy atom. The summed E-state index contributed by atoms with van der Waals surface area (Å²) in [6, 6.07) is 57.0. The van der Waals surface area contributed by atoms with E-state index >= 15 is 0 Å². The molecule has 0 N–H and O–H groups in total. The number of rotatable bonds is 5. The summed E-state index contributed by atoms with van der Waals surface area (Å²) >= 11 is 0. The highest BCUT2D eigenvalue weighted by Gasteiger charge is 2.38. The first-order valence-corrected chi connectivity index (χ1v) is 17.7. The molecule has 0 aliphatic heterocycles. The quantitative estimate of drug-likeness (QED) is 0.183. The van der Waals surface area contributed by atoms with Gasteiger partial charge in [0, 0.05) is 32.9 Å². The Kier molecular flexibility index (Phi) is 6.80. The van der Waals surface area contributed by atoms with Crippen LogP contribution in [0.5, 0.6) is 0 Å². The second-order valence-electron chi connectivity index (χ2n) is 14.0. The number of fused-ring (bicyclic) bond motifs is 6. The number of furan rings is 1. The van der Waals surface area contributed by atoms with Gasteiger partial charge in [-0.05, 0) is 62.7 Å². The average Bonchev–Trinajstić information content (AvgIpc) is 3.70. The molecule has 0 fully saturated rings. The zero-order valence-corrected chi connectivity index (χ0v) is 28.8. The third kappa shape index (κ3) is 4.72. The fourth-order valence-electron chi connectivity index (χ4n) is 8.15. The lowest BCUT2D eigenvalue weighted by Crippen LogP contribution is -2.17. The van der Waals surface area contributed by atoms with Crippen molar-refractivity contribution in [1.82, 2.24) is 15.0 Å². The Labute approximate surface area is 302 Å². The Morgan fingerprint density at radius 2 is 0.981 bits per heavy atom. The average molecular weight is 668 g/mol. The number of hydrogen-bond donors (Lipinski definition) is 0. The highest BCUT2D eigenvalue weighted by Crippen LogP contribution is 2.52. The highest BCUT2D eigenvalue weighted by molar-refractivity contribution is 6.13. The number of aromatic nitrogens is 3. The molecule has 0 atom stereocenters. The van der Waals surface area contributed by atoms with Crippen LogP contribution >= 0.6 is 0 Å². The highest BCUT2D eigenvalue weighted by atomic mass is 16.3. The molecule has 0 saturated carbocycles. The summed E-state index contributed by atoms with van der Waals surface area (Å²) in [5.74, 6) is 1.93. The molecule has 4 heteroatoms. The summed E-state index contributed by atoms with van der Waals surface area (Å²) in [5.41, 5.74) is 13.8. The summed E-state index contributed by atoms with van der Waals surface area (Å²) < 4.78 is 6.52. The Morgan fingerprint density at radius 1 is 0.404 bits per heavy atom. The van der Waals surface area contributed by atoms with Gasteiger partial charge in [-0.3, -0.25) is 0 Å². The van der Waals surface area contributed by atoms with E-state index in [1.807, 2.05) is 30.3 Å². The minimum Gasteiger partial charge on any atom is -0.456 e. The van der Waals surface area contributed by atoms with Gasteiger partial charge in [-0.2, -0.15) is 0 Å². The monoisotopic (exact) mass is 667 g/mol. The number of benzene rings is 7.